The summed E-state index contributed by atoms with van der Waals surface area (Å²) < 4.78 is 10.7. The number of unbranched alkanes of at least 4 members (excludes halogenated alkanes) is 9. The van der Waals surface area contributed by atoms with Crippen molar-refractivity contribution in [3.05, 3.63) is 0 Å². The van der Waals surface area contributed by atoms with Crippen molar-refractivity contribution in [2.75, 3.05) is 19.8 Å². The van der Waals surface area contributed by atoms with Gasteiger partial charge in [0.1, 0.15) is 12.7 Å². The van der Waals surface area contributed by atoms with E-state index in [1.165, 1.54) is 56.3 Å². The third kappa shape index (κ3) is 7.45. The van der Waals surface area contributed by atoms with E-state index in [0.29, 0.717) is 6.54 Å². The Bertz CT molecular complexity index is 502. The summed E-state index contributed by atoms with van der Waals surface area (Å²) in [7, 11) is 0. The summed E-state index contributed by atoms with van der Waals surface area (Å²) in [6.07, 6.45) is 11.0. The fraction of sp³-hybridized carbons (Fsp3) is 0.909. The zero-order chi connectivity index (χ0) is 21.1. The second kappa shape index (κ2) is 13.1. The van der Waals surface area contributed by atoms with Crippen molar-refractivity contribution < 1.29 is 24.2 Å². The number of fused-ring (bicyclic) bond motifs is 1. The van der Waals surface area contributed by atoms with Crippen molar-refractivity contribution in [1.82, 2.24) is 10.2 Å². The summed E-state index contributed by atoms with van der Waals surface area (Å²) in [5, 5.41) is 13.2. The second-order valence-corrected chi connectivity index (χ2v) is 8.44. The van der Waals surface area contributed by atoms with Gasteiger partial charge in [0.05, 0.1) is 19.1 Å². The van der Waals surface area contributed by atoms with Crippen LogP contribution in [0.2, 0.25) is 0 Å². The van der Waals surface area contributed by atoms with Crippen LogP contribution >= 0.6 is 0 Å². The predicted molar refractivity (Wildman–Crippen MR) is 111 cm³/mol. The maximum absolute atomic E-state index is 12.0. The average Bonchev–Trinajstić information content (AvgIpc) is 3.19. The van der Waals surface area contributed by atoms with Crippen LogP contribution in [0.15, 0.2) is 0 Å². The molecule has 4 atom stereocenters. The van der Waals surface area contributed by atoms with Crippen LogP contribution in [0.3, 0.4) is 0 Å². The number of aliphatic hydroxyl groups excluding tert-OH is 1. The molecule has 2 aliphatic heterocycles. The lowest BCUT2D eigenvalue weighted by Crippen LogP contribution is -2.41. The van der Waals surface area contributed by atoms with Gasteiger partial charge < -0.3 is 19.9 Å². The molecule has 168 valence electrons. The van der Waals surface area contributed by atoms with Crippen molar-refractivity contribution in [2.24, 2.45) is 5.92 Å². The first-order chi connectivity index (χ1) is 14.1. The first-order valence-electron chi connectivity index (χ1n) is 11.6. The molecule has 0 aliphatic carbocycles. The van der Waals surface area contributed by atoms with Crippen molar-refractivity contribution in [3.8, 4) is 0 Å². The lowest BCUT2D eigenvalue weighted by molar-refractivity contribution is -0.125. The maximum atomic E-state index is 12.0. The molecule has 2 N–H and O–H groups in total. The Hall–Kier alpha value is -1.34. The van der Waals surface area contributed by atoms with Crippen LogP contribution < -0.4 is 5.32 Å². The first-order valence-corrected chi connectivity index (χ1v) is 11.6. The minimum atomic E-state index is -0.748. The van der Waals surface area contributed by atoms with Gasteiger partial charge in [0.25, 0.3) is 0 Å². The monoisotopic (exact) mass is 412 g/mol. The standard InChI is InChI=1S/C22H40N2O5/c1-3-4-5-6-7-8-9-10-11-12-14-23-19(25)13-15-28-21-20(26)17(2)18-16-29-22(27)24(18)21/h17-18,20-21,26H,3-16H2,1-2H3,(H,23,25). The molecule has 4 unspecified atom stereocenters. The van der Waals surface area contributed by atoms with Gasteiger partial charge in [-0.2, -0.15) is 0 Å². The Balaban J connectivity index is 1.46. The highest BCUT2D eigenvalue weighted by atomic mass is 16.6. The molecule has 2 saturated heterocycles. The van der Waals surface area contributed by atoms with E-state index in [4.69, 9.17) is 9.47 Å². The maximum Gasteiger partial charge on any atom is 0.412 e. The van der Waals surface area contributed by atoms with E-state index < -0.39 is 18.4 Å². The van der Waals surface area contributed by atoms with E-state index in [2.05, 4.69) is 12.2 Å². The van der Waals surface area contributed by atoms with Gasteiger partial charge in [-0.15, -0.1) is 0 Å². The molecule has 29 heavy (non-hydrogen) atoms. The topological polar surface area (TPSA) is 88.1 Å². The summed E-state index contributed by atoms with van der Waals surface area (Å²) in [5.74, 6) is -0.154. The molecule has 0 bridgehead atoms. The molecule has 2 rings (SSSR count). The minimum Gasteiger partial charge on any atom is -0.447 e. The van der Waals surface area contributed by atoms with Gasteiger partial charge in [-0.25, -0.2) is 4.79 Å². The SMILES string of the molecule is CCCCCCCCCCCCNC(=O)CCOC1C(O)C(C)C2COC(=O)N21. The fourth-order valence-corrected chi connectivity index (χ4v) is 4.18. The molecule has 0 aromatic rings. The van der Waals surface area contributed by atoms with E-state index in [-0.39, 0.29) is 37.5 Å². The number of ether oxygens (including phenoxy) is 2. The Kier molecular flexibility index (Phi) is 10.8. The van der Waals surface area contributed by atoms with Gasteiger partial charge in [0, 0.05) is 12.5 Å². The highest BCUT2D eigenvalue weighted by Gasteiger charge is 2.53. The number of cyclic esters (lactones) is 1. The lowest BCUT2D eigenvalue weighted by atomic mass is 10.0. The zero-order valence-electron chi connectivity index (χ0n) is 18.2. The minimum absolute atomic E-state index is 0.0537. The van der Waals surface area contributed by atoms with Crippen LogP contribution in [-0.2, 0) is 14.3 Å². The molecule has 2 fully saturated rings. The number of hydrogen-bond acceptors (Lipinski definition) is 5. The van der Waals surface area contributed by atoms with Crippen molar-refractivity contribution >= 4 is 12.0 Å². The van der Waals surface area contributed by atoms with Gasteiger partial charge in [0.2, 0.25) is 5.91 Å². The number of aliphatic hydroxyl groups is 1. The molecule has 0 aromatic carbocycles. The van der Waals surface area contributed by atoms with Gasteiger partial charge in [-0.1, -0.05) is 71.6 Å². The molecule has 0 spiro atoms. The van der Waals surface area contributed by atoms with E-state index in [1.807, 2.05) is 6.92 Å². The van der Waals surface area contributed by atoms with Gasteiger partial charge >= 0.3 is 6.09 Å². The largest absolute Gasteiger partial charge is 0.447 e. The molecular weight excluding hydrogens is 372 g/mol. The van der Waals surface area contributed by atoms with Crippen LogP contribution in [-0.4, -0.2) is 60.1 Å². The third-order valence-corrected chi connectivity index (χ3v) is 6.13. The predicted octanol–water partition coefficient (Wildman–Crippen LogP) is 3.59. The quantitative estimate of drug-likeness (QED) is 0.401. The van der Waals surface area contributed by atoms with Crippen LogP contribution in [0.5, 0.6) is 0 Å². The number of nitrogens with one attached hydrogen (secondary N) is 1. The number of rotatable bonds is 15. The summed E-state index contributed by atoms with van der Waals surface area (Å²) in [6, 6.07) is -0.146. The van der Waals surface area contributed by atoms with E-state index in [9.17, 15) is 14.7 Å². The molecule has 0 aromatic heterocycles. The summed E-state index contributed by atoms with van der Waals surface area (Å²) >= 11 is 0. The Morgan fingerprint density at radius 2 is 1.76 bits per heavy atom. The van der Waals surface area contributed by atoms with Crippen molar-refractivity contribution in [3.63, 3.8) is 0 Å². The number of carbonyl (C=O) groups is 2. The summed E-state index contributed by atoms with van der Waals surface area (Å²) in [5.41, 5.74) is 0. The van der Waals surface area contributed by atoms with E-state index in [1.54, 1.807) is 0 Å². The average molecular weight is 413 g/mol. The molecule has 7 heteroatoms. The Labute approximate surface area is 175 Å². The Morgan fingerprint density at radius 1 is 1.14 bits per heavy atom. The third-order valence-electron chi connectivity index (χ3n) is 6.13. The summed E-state index contributed by atoms with van der Waals surface area (Å²) in [6.45, 7) is 5.28. The van der Waals surface area contributed by atoms with Crippen LogP contribution in [0.1, 0.15) is 84.5 Å². The molecule has 2 heterocycles. The lowest BCUT2D eigenvalue weighted by Gasteiger charge is -2.23. The van der Waals surface area contributed by atoms with Gasteiger partial charge in [-0.3, -0.25) is 9.69 Å². The van der Waals surface area contributed by atoms with Crippen LogP contribution in [0.4, 0.5) is 4.79 Å². The number of amides is 2. The molecule has 2 amide bonds. The van der Waals surface area contributed by atoms with E-state index >= 15 is 0 Å². The van der Waals surface area contributed by atoms with Gasteiger partial charge in [0.15, 0.2) is 6.23 Å². The number of hydrogen-bond donors (Lipinski definition) is 2. The van der Waals surface area contributed by atoms with Crippen molar-refractivity contribution in [1.29, 1.82) is 0 Å². The molecular formula is C22H40N2O5. The number of nitrogens with zero attached hydrogens (tertiary/aromatic N) is 1. The molecule has 2 aliphatic rings. The number of carbonyl (C=O) groups excluding carboxylic acids is 2. The molecule has 0 radical (unpaired) electrons. The van der Waals surface area contributed by atoms with Gasteiger partial charge in [-0.05, 0) is 6.42 Å². The fourth-order valence-electron chi connectivity index (χ4n) is 4.18. The van der Waals surface area contributed by atoms with Crippen LogP contribution in [0.25, 0.3) is 0 Å². The molecule has 0 saturated carbocycles. The second-order valence-electron chi connectivity index (χ2n) is 8.44. The van der Waals surface area contributed by atoms with Crippen molar-refractivity contribution in [2.45, 2.75) is 103 Å². The zero-order valence-corrected chi connectivity index (χ0v) is 18.2. The smallest absolute Gasteiger partial charge is 0.412 e. The normalized spacial score (nSPS) is 25.9. The molecule has 7 nitrogen and oxygen atoms in total. The Morgan fingerprint density at radius 3 is 2.41 bits per heavy atom. The highest BCUT2D eigenvalue weighted by Crippen LogP contribution is 2.35. The highest BCUT2D eigenvalue weighted by molar-refractivity contribution is 5.75. The van der Waals surface area contributed by atoms with E-state index in [0.717, 1.165) is 12.8 Å². The van der Waals surface area contributed by atoms with Crippen LogP contribution in [0, 0.1) is 5.92 Å². The first kappa shape index (κ1) is 23.9. The summed E-state index contributed by atoms with van der Waals surface area (Å²) in [4.78, 5) is 25.2.